The first-order chi connectivity index (χ1) is 56.0. The lowest BCUT2D eigenvalue weighted by molar-refractivity contribution is 0.210. The first-order valence-corrected chi connectivity index (χ1v) is 39.3. The van der Waals surface area contributed by atoms with Crippen LogP contribution in [0, 0.1) is 22.7 Å². The number of hydrogen-bond acceptors (Lipinski definition) is 4. The fourth-order valence-corrected chi connectivity index (χ4v) is 24.5. The zero-order valence-electron chi connectivity index (χ0n) is 61.1. The molecule has 518 valence electrons. The van der Waals surface area contributed by atoms with Crippen molar-refractivity contribution in [3.63, 3.8) is 0 Å². The Labute approximate surface area is 654 Å². The molecule has 0 aromatic heterocycles. The minimum absolute atomic E-state index is 0.297. The second-order valence-corrected chi connectivity index (χ2v) is 31.9. The molecule has 17 aromatic carbocycles. The number of anilines is 6. The van der Waals surface area contributed by atoms with Gasteiger partial charge in [-0.25, -0.2) is 0 Å². The Morgan fingerprint density at radius 1 is 0.204 bits per heavy atom. The van der Waals surface area contributed by atoms with Crippen molar-refractivity contribution in [1.82, 2.24) is 0 Å². The number of rotatable bonds is 8. The predicted molar refractivity (Wildman–Crippen MR) is 453 cm³/mol. The van der Waals surface area contributed by atoms with E-state index in [1.54, 1.807) is 0 Å². The van der Waals surface area contributed by atoms with Crippen LogP contribution in [0.3, 0.4) is 0 Å². The second-order valence-electron chi connectivity index (χ2n) is 31.9. The van der Waals surface area contributed by atoms with Crippen molar-refractivity contribution in [2.24, 2.45) is 0 Å². The van der Waals surface area contributed by atoms with E-state index < -0.39 is 27.1 Å². The van der Waals surface area contributed by atoms with Crippen LogP contribution >= 0.6 is 0 Å². The number of benzene rings is 17. The van der Waals surface area contributed by atoms with Crippen LogP contribution in [0.2, 0.25) is 0 Å². The normalized spacial score (nSPS) is 18.0. The predicted octanol–water partition coefficient (Wildman–Crippen LogP) is 25.6. The van der Waals surface area contributed by atoms with Gasteiger partial charge < -0.3 is 9.80 Å². The molecule has 113 heavy (non-hydrogen) atoms. The van der Waals surface area contributed by atoms with Crippen LogP contribution in [-0.4, -0.2) is 0 Å². The van der Waals surface area contributed by atoms with E-state index in [-0.39, 0.29) is 0 Å². The van der Waals surface area contributed by atoms with Gasteiger partial charge in [-0.3, -0.25) is 0 Å². The molecule has 0 bridgehead atoms. The third kappa shape index (κ3) is 6.70. The fourth-order valence-electron chi connectivity index (χ4n) is 24.5. The Hall–Kier alpha value is -14.7. The average molecular weight is 1430 g/mol. The summed E-state index contributed by atoms with van der Waals surface area (Å²) in [5.41, 5.74) is 38.8. The van der Waals surface area contributed by atoms with E-state index in [1.165, 1.54) is 111 Å². The molecule has 17 aromatic rings. The highest BCUT2D eigenvalue weighted by molar-refractivity contribution is 6.14. The largest absolute Gasteiger partial charge is 0.308 e. The molecule has 0 saturated heterocycles. The molecule has 2 atom stereocenters. The minimum atomic E-state index is -1.00. The smallest absolute Gasteiger partial charge is 0.103 e. The first kappa shape index (κ1) is 61.2. The molecule has 2 unspecified atom stereocenters. The van der Waals surface area contributed by atoms with Crippen LogP contribution in [0.15, 0.2) is 376 Å². The third-order valence-corrected chi connectivity index (χ3v) is 27.9. The van der Waals surface area contributed by atoms with Crippen LogP contribution in [0.5, 0.6) is 0 Å². The summed E-state index contributed by atoms with van der Waals surface area (Å²) in [5, 5.41) is 27.5. The van der Waals surface area contributed by atoms with Gasteiger partial charge in [0.1, 0.15) is 12.1 Å². The quantitative estimate of drug-likeness (QED) is 0.152. The molecule has 5 spiro atoms. The lowest BCUT2D eigenvalue weighted by Gasteiger charge is -2.68. The van der Waals surface area contributed by atoms with Crippen molar-refractivity contribution in [1.29, 1.82) is 10.5 Å². The van der Waals surface area contributed by atoms with Gasteiger partial charge in [0.2, 0.25) is 0 Å². The van der Waals surface area contributed by atoms with E-state index >= 15 is 0 Å². The van der Waals surface area contributed by atoms with Gasteiger partial charge in [0.15, 0.2) is 0 Å². The van der Waals surface area contributed by atoms with Crippen LogP contribution < -0.4 is 9.80 Å². The van der Waals surface area contributed by atoms with E-state index in [4.69, 9.17) is 0 Å². The van der Waals surface area contributed by atoms with E-state index in [2.05, 4.69) is 398 Å². The van der Waals surface area contributed by atoms with Gasteiger partial charge in [-0.1, -0.05) is 340 Å². The maximum Gasteiger partial charge on any atom is 0.103 e. The molecular weight excluding hydrogens is 1370 g/mol. The molecule has 0 N–H and O–H groups in total. The van der Waals surface area contributed by atoms with Crippen molar-refractivity contribution in [2.45, 2.75) is 27.1 Å². The van der Waals surface area contributed by atoms with Gasteiger partial charge >= 0.3 is 0 Å². The molecule has 4 nitrogen and oxygen atoms in total. The van der Waals surface area contributed by atoms with Crippen LogP contribution in [0.4, 0.5) is 34.1 Å². The van der Waals surface area contributed by atoms with Crippen LogP contribution in [0.25, 0.3) is 89.0 Å². The summed E-state index contributed by atoms with van der Waals surface area (Å²) in [6, 6.07) is 147. The molecule has 0 heterocycles. The molecular formula is C109H62N4. The Balaban J connectivity index is 0.875. The van der Waals surface area contributed by atoms with E-state index in [0.717, 1.165) is 89.5 Å². The summed E-state index contributed by atoms with van der Waals surface area (Å²) in [4.78, 5) is 4.98. The van der Waals surface area contributed by atoms with Gasteiger partial charge in [0.05, 0.1) is 61.0 Å². The van der Waals surface area contributed by atoms with Gasteiger partial charge in [-0.05, 0) is 192 Å². The van der Waals surface area contributed by atoms with Gasteiger partial charge in [0.25, 0.3) is 0 Å². The summed E-state index contributed by atoms with van der Waals surface area (Å²) in [6.07, 6.45) is 0. The number of fused-ring (bicyclic) bond motifs is 25. The monoisotopic (exact) mass is 1430 g/mol. The molecule has 0 amide bonds. The Kier molecular flexibility index (Phi) is 11.6. The van der Waals surface area contributed by atoms with Crippen molar-refractivity contribution in [3.8, 4) is 101 Å². The van der Waals surface area contributed by atoms with E-state index in [1.807, 2.05) is 0 Å². The Bertz CT molecular complexity index is 6770. The Morgan fingerprint density at radius 2 is 0.460 bits per heavy atom. The molecule has 9 aliphatic carbocycles. The molecule has 0 saturated carbocycles. The molecule has 0 radical (unpaired) electrons. The number of hydrogen-bond donors (Lipinski definition) is 0. The van der Waals surface area contributed by atoms with Crippen molar-refractivity contribution in [2.75, 3.05) is 9.80 Å². The number of nitrogens with zero attached hydrogens (tertiary/aromatic N) is 4. The van der Waals surface area contributed by atoms with Crippen molar-refractivity contribution in [3.05, 3.63) is 476 Å². The van der Waals surface area contributed by atoms with Crippen LogP contribution in [0.1, 0.15) is 100 Å². The SMILES string of the molecule is N#Cc1c(C#N)c(N(c2ccc(-c3ccccc3)cc2)c2cccc3c2-c2ccccc2C32c3ccccc3-c3ccccc32)c2c(c1N(c1ccc(-c3ccccc3)cc1)c1cccc3c1-c1ccccc1C31c3ccccc3-c3ccccc31)C13c4ccccc4-c4cccc(c41)C31c3cccc4c3C21c1ccccc1-4. The van der Waals surface area contributed by atoms with Crippen LogP contribution in [-0.2, 0) is 27.1 Å². The molecule has 0 fully saturated rings. The maximum absolute atomic E-state index is 13.7. The molecule has 4 heteroatoms. The minimum Gasteiger partial charge on any atom is -0.308 e. The first-order valence-electron chi connectivity index (χ1n) is 39.3. The molecule has 0 aliphatic heterocycles. The Morgan fingerprint density at radius 3 is 0.805 bits per heavy atom. The highest BCUT2D eigenvalue weighted by Crippen LogP contribution is 2.92. The zero-order valence-corrected chi connectivity index (χ0v) is 61.1. The topological polar surface area (TPSA) is 54.1 Å². The highest BCUT2D eigenvalue weighted by atomic mass is 15.2. The van der Waals surface area contributed by atoms with Crippen molar-refractivity contribution >= 4 is 34.1 Å². The lowest BCUT2D eigenvalue weighted by atomic mass is 9.31. The summed E-state index contributed by atoms with van der Waals surface area (Å²) >= 11 is 0. The fraction of sp³-hybridized carbons (Fsp3) is 0.0459. The standard InChI is InChI=1S/C109H62N4/c110-63-81-82(64-111)104(113(70-61-57-68(58-62-70)66-29-5-2-6-30-66)96-54-26-50-92-98(96)80-38-14-20-46-88(80)106(92)85-43-17-9-33-73(85)74-34-10-18-44-86(74)106)102-101(107-89-47-21-11-35-75(89)77-39-23-51-93(99(77)107)109(107)94-52-24-40-78-76-36-12-22-48-90(76)108(102,109)100(78)94)103(81)112(69-59-55-67(56-60-69)65-27-3-1-4-28-65)95-53-25-49-91-97(95)79-37-13-19-45-87(79)105(91)83-41-15-7-31-71(83)72-32-8-16-42-84(72)105/h1-62H. The zero-order chi connectivity index (χ0) is 74.0. The van der Waals surface area contributed by atoms with Crippen molar-refractivity contribution < 1.29 is 0 Å². The highest BCUT2D eigenvalue weighted by Gasteiger charge is 2.89. The summed E-state index contributed by atoms with van der Waals surface area (Å²) in [6.45, 7) is 0. The molecule has 26 rings (SSSR count). The summed E-state index contributed by atoms with van der Waals surface area (Å²) < 4.78 is 0. The van der Waals surface area contributed by atoms with E-state index in [0.29, 0.717) is 22.5 Å². The lowest BCUT2D eigenvalue weighted by Crippen LogP contribution is -2.70. The van der Waals surface area contributed by atoms with Gasteiger partial charge in [0, 0.05) is 33.6 Å². The summed E-state index contributed by atoms with van der Waals surface area (Å²) in [5.74, 6) is 0. The third-order valence-electron chi connectivity index (χ3n) is 27.9. The maximum atomic E-state index is 13.7. The number of nitriles is 2. The average Bonchev–Trinajstić information content (AvgIpc) is 1.39. The molecule has 9 aliphatic rings. The van der Waals surface area contributed by atoms with Gasteiger partial charge in [-0.2, -0.15) is 10.5 Å². The second kappa shape index (κ2) is 21.4. The van der Waals surface area contributed by atoms with E-state index in [9.17, 15) is 10.5 Å². The summed E-state index contributed by atoms with van der Waals surface area (Å²) in [7, 11) is 0. The van der Waals surface area contributed by atoms with Gasteiger partial charge in [-0.15, -0.1) is 0 Å².